The van der Waals surface area contributed by atoms with Gasteiger partial charge in [-0.05, 0) is 47.2 Å². The minimum atomic E-state index is -0.758. The Balaban J connectivity index is 1.29. The van der Waals surface area contributed by atoms with Crippen molar-refractivity contribution in [3.63, 3.8) is 0 Å². The molecule has 0 radical (unpaired) electrons. The van der Waals surface area contributed by atoms with Gasteiger partial charge in [0.05, 0.1) is 16.6 Å². The summed E-state index contributed by atoms with van der Waals surface area (Å²) in [4.78, 5) is 54.9. The van der Waals surface area contributed by atoms with Gasteiger partial charge in [0.15, 0.2) is 0 Å². The van der Waals surface area contributed by atoms with E-state index >= 15 is 0 Å². The summed E-state index contributed by atoms with van der Waals surface area (Å²) in [5.74, 6) is -1.54. The number of hydrogen-bond acceptors (Lipinski definition) is 6. The van der Waals surface area contributed by atoms with Gasteiger partial charge in [-0.15, -0.1) is 0 Å². The quantitative estimate of drug-likeness (QED) is 0.314. The number of fused-ring (bicyclic) bond motifs is 3. The fraction of sp³-hybridized carbons (Fsp3) is 0.214. The Morgan fingerprint density at radius 3 is 2.42 bits per heavy atom. The first-order valence-electron chi connectivity index (χ1n) is 12.0. The van der Waals surface area contributed by atoms with Gasteiger partial charge in [-0.25, -0.2) is 4.90 Å². The molecule has 2 aliphatic heterocycles. The van der Waals surface area contributed by atoms with Gasteiger partial charge in [0.25, 0.3) is 0 Å². The Hall–Kier alpha value is -3.21. The van der Waals surface area contributed by atoms with Crippen LogP contribution in [0.1, 0.15) is 18.7 Å². The Morgan fingerprint density at radius 1 is 0.974 bits per heavy atom. The summed E-state index contributed by atoms with van der Waals surface area (Å²) in [5.41, 5.74) is 0.400. The summed E-state index contributed by atoms with van der Waals surface area (Å²) in [6, 6.07) is 20.6. The number of thioether (sulfide) groups is 1. The van der Waals surface area contributed by atoms with Gasteiger partial charge in [0.2, 0.25) is 17.7 Å². The Labute approximate surface area is 235 Å². The van der Waals surface area contributed by atoms with Crippen molar-refractivity contribution in [2.24, 2.45) is 5.92 Å². The average Bonchev–Trinajstić information content (AvgIpc) is 3.33. The molecule has 3 aromatic carbocycles. The summed E-state index contributed by atoms with van der Waals surface area (Å²) >= 11 is 5.64. The molecule has 3 amide bonds. The van der Waals surface area contributed by atoms with Crippen molar-refractivity contribution in [1.82, 2.24) is 4.57 Å². The molecular formula is C28H22BrN3O4S2. The number of amides is 3. The van der Waals surface area contributed by atoms with Crippen LogP contribution < -0.4 is 15.1 Å². The number of nitrogens with zero attached hydrogens (tertiary/aromatic N) is 2. The van der Waals surface area contributed by atoms with Crippen LogP contribution in [0.15, 0.2) is 81.0 Å². The van der Waals surface area contributed by atoms with Gasteiger partial charge >= 0.3 is 4.87 Å². The molecule has 6 rings (SSSR count). The number of benzene rings is 3. The number of carbonyl (C=O) groups excluding carboxylic acids is 3. The van der Waals surface area contributed by atoms with Gasteiger partial charge < -0.3 is 5.32 Å². The molecule has 4 aromatic rings. The summed E-state index contributed by atoms with van der Waals surface area (Å²) in [6.45, 7) is 3.61. The van der Waals surface area contributed by atoms with Gasteiger partial charge in [-0.3, -0.25) is 23.7 Å². The van der Waals surface area contributed by atoms with E-state index in [-0.39, 0.29) is 29.1 Å². The van der Waals surface area contributed by atoms with E-state index in [4.69, 9.17) is 0 Å². The van der Waals surface area contributed by atoms with Crippen LogP contribution in [0.5, 0.6) is 0 Å². The van der Waals surface area contributed by atoms with Gasteiger partial charge in [-0.1, -0.05) is 83.2 Å². The fourth-order valence-electron chi connectivity index (χ4n) is 5.22. The SMILES string of the molecule is CC1(C)c2sc(=O)n(CC(=O)Nc3ccc4ccccc4c3)c2S[C@@H]2C(=O)N(c3ccc(Br)cc3)C(=O)[C@@H]21. The molecule has 0 aliphatic carbocycles. The first-order valence-corrected chi connectivity index (χ1v) is 14.5. The van der Waals surface area contributed by atoms with E-state index < -0.39 is 16.6 Å². The average molecular weight is 609 g/mol. The van der Waals surface area contributed by atoms with Crippen molar-refractivity contribution >= 4 is 78.9 Å². The first-order chi connectivity index (χ1) is 18.1. The third-order valence-corrected chi connectivity index (χ3v) is 10.5. The summed E-state index contributed by atoms with van der Waals surface area (Å²) in [5, 5.41) is 4.85. The summed E-state index contributed by atoms with van der Waals surface area (Å²) < 4.78 is 2.28. The van der Waals surface area contributed by atoms with Crippen molar-refractivity contribution in [3.8, 4) is 0 Å². The molecule has 1 N–H and O–H groups in total. The van der Waals surface area contributed by atoms with Crippen LogP contribution in [0.4, 0.5) is 11.4 Å². The highest BCUT2D eigenvalue weighted by molar-refractivity contribution is 9.10. The molecule has 1 fully saturated rings. The lowest BCUT2D eigenvalue weighted by atomic mass is 9.76. The molecular weight excluding hydrogens is 586 g/mol. The maximum absolute atomic E-state index is 13.6. The van der Waals surface area contributed by atoms with Crippen molar-refractivity contribution in [2.75, 3.05) is 10.2 Å². The molecule has 38 heavy (non-hydrogen) atoms. The summed E-state index contributed by atoms with van der Waals surface area (Å²) in [6.07, 6.45) is 0. The Morgan fingerprint density at radius 2 is 1.68 bits per heavy atom. The molecule has 192 valence electrons. The van der Waals surface area contributed by atoms with Crippen molar-refractivity contribution in [2.45, 2.75) is 36.1 Å². The first kappa shape index (κ1) is 25.1. The standard InChI is InChI=1S/C28H22BrN3O4S2/c1-28(2)21-22(25(35)32(24(21)34)19-11-8-17(29)9-12-19)37-26-23(28)38-27(36)31(26)14-20(33)30-18-10-7-15-5-3-4-6-16(15)13-18/h3-13,21-22H,14H2,1-2H3,(H,30,33)/t21-,22+/m1/s1. The van der Waals surface area contributed by atoms with Crippen LogP contribution >= 0.6 is 39.0 Å². The van der Waals surface area contributed by atoms with Gasteiger partial charge in [-0.2, -0.15) is 0 Å². The smallest absolute Gasteiger partial charge is 0.308 e. The topological polar surface area (TPSA) is 88.5 Å². The molecule has 10 heteroatoms. The number of carbonyl (C=O) groups is 3. The molecule has 1 aromatic heterocycles. The Kier molecular flexibility index (Phi) is 6.08. The lowest BCUT2D eigenvalue weighted by molar-refractivity contribution is -0.123. The maximum Gasteiger partial charge on any atom is 0.308 e. The second-order valence-electron chi connectivity index (χ2n) is 9.92. The Bertz CT molecular complexity index is 1690. The van der Waals surface area contributed by atoms with Crippen molar-refractivity contribution < 1.29 is 14.4 Å². The van der Waals surface area contributed by atoms with E-state index in [1.807, 2.05) is 56.3 Å². The maximum atomic E-state index is 13.6. The predicted molar refractivity (Wildman–Crippen MR) is 154 cm³/mol. The number of imide groups is 1. The molecule has 1 saturated heterocycles. The lowest BCUT2D eigenvalue weighted by Crippen LogP contribution is -2.41. The molecule has 3 heterocycles. The van der Waals surface area contributed by atoms with E-state index in [2.05, 4.69) is 21.2 Å². The third kappa shape index (κ3) is 4.02. The van der Waals surface area contributed by atoms with Crippen LogP contribution in [0.3, 0.4) is 0 Å². The number of anilines is 2. The van der Waals surface area contributed by atoms with Crippen LogP contribution in [-0.2, 0) is 26.3 Å². The highest BCUT2D eigenvalue weighted by Gasteiger charge is 2.59. The molecule has 7 nitrogen and oxygen atoms in total. The minimum absolute atomic E-state index is 0.184. The van der Waals surface area contributed by atoms with E-state index in [1.165, 1.54) is 21.2 Å². The molecule has 0 bridgehead atoms. The lowest BCUT2D eigenvalue weighted by Gasteiger charge is -2.36. The van der Waals surface area contributed by atoms with E-state index in [1.54, 1.807) is 24.3 Å². The van der Waals surface area contributed by atoms with Crippen molar-refractivity contribution in [1.29, 1.82) is 0 Å². The molecule has 0 unspecified atom stereocenters. The second kappa shape index (κ2) is 9.21. The monoisotopic (exact) mass is 607 g/mol. The van der Waals surface area contributed by atoms with E-state index in [0.717, 1.165) is 31.5 Å². The molecule has 2 atom stereocenters. The number of halogens is 1. The second-order valence-corrected chi connectivity index (χ2v) is 12.9. The predicted octanol–water partition coefficient (Wildman–Crippen LogP) is 5.41. The molecule has 0 saturated carbocycles. The number of thiazole rings is 1. The summed E-state index contributed by atoms with van der Waals surface area (Å²) in [7, 11) is 0. The normalized spacial score (nSPS) is 19.9. The van der Waals surface area contributed by atoms with E-state index in [0.29, 0.717) is 16.4 Å². The van der Waals surface area contributed by atoms with Crippen LogP contribution in [0.25, 0.3) is 10.8 Å². The van der Waals surface area contributed by atoms with Crippen LogP contribution in [0, 0.1) is 5.92 Å². The zero-order chi connectivity index (χ0) is 26.8. The van der Waals surface area contributed by atoms with Crippen LogP contribution in [0.2, 0.25) is 0 Å². The highest BCUT2D eigenvalue weighted by Crippen LogP contribution is 2.54. The number of rotatable bonds is 4. The van der Waals surface area contributed by atoms with Crippen molar-refractivity contribution in [3.05, 3.63) is 85.7 Å². The molecule has 2 aliphatic rings. The zero-order valence-corrected chi connectivity index (χ0v) is 23.7. The number of nitrogens with one attached hydrogen (secondary N) is 1. The highest BCUT2D eigenvalue weighted by atomic mass is 79.9. The largest absolute Gasteiger partial charge is 0.325 e. The van der Waals surface area contributed by atoms with Gasteiger partial charge in [0.1, 0.15) is 11.8 Å². The number of hydrogen-bond donors (Lipinski definition) is 1. The number of aromatic nitrogens is 1. The fourth-order valence-corrected chi connectivity index (χ4v) is 8.53. The van der Waals surface area contributed by atoms with E-state index in [9.17, 15) is 19.2 Å². The minimum Gasteiger partial charge on any atom is -0.325 e. The molecule has 0 spiro atoms. The van der Waals surface area contributed by atoms with Gasteiger partial charge in [0, 0.05) is 20.5 Å². The third-order valence-electron chi connectivity index (χ3n) is 7.12. The van der Waals surface area contributed by atoms with Crippen LogP contribution in [-0.4, -0.2) is 27.5 Å². The zero-order valence-electron chi connectivity index (χ0n) is 20.4.